The fourth-order valence-corrected chi connectivity index (χ4v) is 3.96. The van der Waals surface area contributed by atoms with E-state index in [9.17, 15) is 10.2 Å². The van der Waals surface area contributed by atoms with Crippen LogP contribution in [0.1, 0.15) is 51.9 Å². The first-order valence-electron chi connectivity index (χ1n) is 8.53. The highest BCUT2D eigenvalue weighted by Crippen LogP contribution is 2.54. The molecule has 3 aliphatic carbocycles. The van der Waals surface area contributed by atoms with Crippen LogP contribution in [0.4, 0.5) is 0 Å². The molecule has 0 bridgehead atoms. The standard InChI is InChI=1S/C18H28O3/c1-2-11-21-18-10-9-14(3-6-15(18)12-18)17(20)13-4-7-16(19)8-5-13/h3,6-7,13-15,17,19-20H,2,4-5,8-12H2,1H3/t13-,14?,15-,17-,18?/m0/s1. The maximum Gasteiger partial charge on any atom is 0.0883 e. The van der Waals surface area contributed by atoms with Gasteiger partial charge in [-0.05, 0) is 50.5 Å². The van der Waals surface area contributed by atoms with Gasteiger partial charge < -0.3 is 14.9 Å². The average molecular weight is 292 g/mol. The Morgan fingerprint density at radius 1 is 1.38 bits per heavy atom. The van der Waals surface area contributed by atoms with Crippen molar-refractivity contribution in [1.82, 2.24) is 0 Å². The van der Waals surface area contributed by atoms with Gasteiger partial charge in [0, 0.05) is 24.9 Å². The van der Waals surface area contributed by atoms with Crippen molar-refractivity contribution in [3.63, 3.8) is 0 Å². The lowest BCUT2D eigenvalue weighted by Gasteiger charge is -2.30. The second kappa shape index (κ2) is 6.13. The van der Waals surface area contributed by atoms with Crippen LogP contribution in [0.2, 0.25) is 0 Å². The third-order valence-corrected chi connectivity index (χ3v) is 5.52. The van der Waals surface area contributed by atoms with E-state index in [1.165, 1.54) is 0 Å². The normalized spacial score (nSPS) is 40.1. The summed E-state index contributed by atoms with van der Waals surface area (Å²) < 4.78 is 6.09. The van der Waals surface area contributed by atoms with E-state index >= 15 is 0 Å². The lowest BCUT2D eigenvalue weighted by atomic mass is 9.81. The quantitative estimate of drug-likeness (QED) is 0.759. The summed E-state index contributed by atoms with van der Waals surface area (Å²) in [5.74, 6) is 1.59. The molecule has 1 fully saturated rings. The molecular formula is C18H28O3. The molecule has 0 spiro atoms. The van der Waals surface area contributed by atoms with Gasteiger partial charge in [0.1, 0.15) is 0 Å². The lowest BCUT2D eigenvalue weighted by Crippen LogP contribution is -2.30. The van der Waals surface area contributed by atoms with Gasteiger partial charge in [0.25, 0.3) is 0 Å². The van der Waals surface area contributed by atoms with Gasteiger partial charge in [-0.25, -0.2) is 0 Å². The summed E-state index contributed by atoms with van der Waals surface area (Å²) in [5, 5.41) is 20.1. The Hall–Kier alpha value is -0.800. The molecule has 3 rings (SSSR count). The van der Waals surface area contributed by atoms with Gasteiger partial charge in [-0.2, -0.15) is 0 Å². The Balaban J connectivity index is 1.57. The van der Waals surface area contributed by atoms with E-state index in [4.69, 9.17) is 4.74 Å². The fraction of sp³-hybridized carbons (Fsp3) is 0.778. The second-order valence-electron chi connectivity index (χ2n) is 7.03. The summed E-state index contributed by atoms with van der Waals surface area (Å²) in [4.78, 5) is 0. The molecule has 0 heterocycles. The summed E-state index contributed by atoms with van der Waals surface area (Å²) in [6.45, 7) is 3.00. The zero-order valence-electron chi connectivity index (χ0n) is 13.0. The lowest BCUT2D eigenvalue weighted by molar-refractivity contribution is 0.00794. The summed E-state index contributed by atoms with van der Waals surface area (Å²) in [6, 6.07) is 0. The Kier molecular flexibility index (Phi) is 4.41. The molecule has 0 saturated heterocycles. The van der Waals surface area contributed by atoms with Crippen LogP contribution in [0.3, 0.4) is 0 Å². The third-order valence-electron chi connectivity index (χ3n) is 5.52. The van der Waals surface area contributed by atoms with Crippen LogP contribution in [-0.4, -0.2) is 28.5 Å². The molecule has 0 aromatic carbocycles. The largest absolute Gasteiger partial charge is 0.513 e. The molecule has 21 heavy (non-hydrogen) atoms. The van der Waals surface area contributed by atoms with Crippen molar-refractivity contribution in [3.05, 3.63) is 24.0 Å². The van der Waals surface area contributed by atoms with Crippen LogP contribution in [0.15, 0.2) is 24.0 Å². The summed E-state index contributed by atoms with van der Waals surface area (Å²) in [7, 11) is 0. The Bertz CT molecular complexity index is 428. The van der Waals surface area contributed by atoms with Crippen LogP contribution < -0.4 is 0 Å². The molecule has 0 radical (unpaired) electrons. The topological polar surface area (TPSA) is 49.7 Å². The number of ether oxygens (including phenoxy) is 1. The maximum absolute atomic E-state index is 10.7. The van der Waals surface area contributed by atoms with E-state index in [-0.39, 0.29) is 23.5 Å². The number of fused-ring (bicyclic) bond motifs is 1. The van der Waals surface area contributed by atoms with Crippen molar-refractivity contribution in [2.45, 2.75) is 63.6 Å². The van der Waals surface area contributed by atoms with Crippen LogP contribution >= 0.6 is 0 Å². The molecule has 0 amide bonds. The van der Waals surface area contributed by atoms with E-state index in [2.05, 4.69) is 19.1 Å². The van der Waals surface area contributed by atoms with E-state index in [0.29, 0.717) is 18.1 Å². The number of allylic oxidation sites excluding steroid dienone is 2. The van der Waals surface area contributed by atoms with Crippen molar-refractivity contribution >= 4 is 0 Å². The number of hydrogen-bond acceptors (Lipinski definition) is 3. The summed E-state index contributed by atoms with van der Waals surface area (Å²) in [5.41, 5.74) is 0.0890. The van der Waals surface area contributed by atoms with Crippen molar-refractivity contribution in [3.8, 4) is 0 Å². The molecule has 118 valence electrons. The van der Waals surface area contributed by atoms with Crippen LogP contribution in [0.5, 0.6) is 0 Å². The molecule has 0 aromatic rings. The Morgan fingerprint density at radius 2 is 2.24 bits per heavy atom. The van der Waals surface area contributed by atoms with Crippen LogP contribution in [0, 0.1) is 17.8 Å². The van der Waals surface area contributed by atoms with Crippen molar-refractivity contribution in [1.29, 1.82) is 0 Å². The minimum atomic E-state index is -0.286. The first-order valence-corrected chi connectivity index (χ1v) is 8.53. The average Bonchev–Trinajstić information content (AvgIpc) is 3.20. The molecule has 2 N–H and O–H groups in total. The van der Waals surface area contributed by atoms with Crippen molar-refractivity contribution in [2.75, 3.05) is 6.61 Å². The zero-order chi connectivity index (χ0) is 14.9. The molecule has 3 aliphatic rings. The van der Waals surface area contributed by atoms with Crippen LogP contribution in [0.25, 0.3) is 0 Å². The summed E-state index contributed by atoms with van der Waals surface area (Å²) in [6.07, 6.45) is 12.8. The fourth-order valence-electron chi connectivity index (χ4n) is 3.96. The van der Waals surface area contributed by atoms with E-state index in [1.807, 2.05) is 6.08 Å². The molecule has 5 atom stereocenters. The number of aliphatic hydroxyl groups excluding tert-OH is 2. The monoisotopic (exact) mass is 292 g/mol. The number of hydrogen-bond donors (Lipinski definition) is 2. The minimum absolute atomic E-state index is 0.0890. The highest BCUT2D eigenvalue weighted by atomic mass is 16.5. The van der Waals surface area contributed by atoms with Gasteiger partial charge >= 0.3 is 0 Å². The zero-order valence-corrected chi connectivity index (χ0v) is 13.0. The van der Waals surface area contributed by atoms with Gasteiger partial charge in [0.15, 0.2) is 0 Å². The molecular weight excluding hydrogens is 264 g/mol. The van der Waals surface area contributed by atoms with E-state index in [0.717, 1.165) is 45.1 Å². The first kappa shape index (κ1) is 15.1. The van der Waals surface area contributed by atoms with Gasteiger partial charge in [0.05, 0.1) is 17.5 Å². The maximum atomic E-state index is 10.7. The highest BCUT2D eigenvalue weighted by Gasteiger charge is 2.54. The van der Waals surface area contributed by atoms with Gasteiger partial charge in [0.2, 0.25) is 0 Å². The molecule has 0 aliphatic heterocycles. The van der Waals surface area contributed by atoms with E-state index in [1.54, 1.807) is 0 Å². The minimum Gasteiger partial charge on any atom is -0.513 e. The molecule has 3 heteroatoms. The van der Waals surface area contributed by atoms with Gasteiger partial charge in [-0.1, -0.05) is 19.1 Å². The predicted octanol–water partition coefficient (Wildman–Crippen LogP) is 3.74. The van der Waals surface area contributed by atoms with Gasteiger partial charge in [-0.3, -0.25) is 0 Å². The van der Waals surface area contributed by atoms with Gasteiger partial charge in [-0.15, -0.1) is 0 Å². The Labute approximate surface area is 127 Å². The third kappa shape index (κ3) is 3.19. The van der Waals surface area contributed by atoms with Crippen LogP contribution in [-0.2, 0) is 4.74 Å². The smallest absolute Gasteiger partial charge is 0.0883 e. The number of rotatable bonds is 5. The Morgan fingerprint density at radius 3 is 2.95 bits per heavy atom. The van der Waals surface area contributed by atoms with E-state index < -0.39 is 0 Å². The second-order valence-corrected chi connectivity index (χ2v) is 7.03. The molecule has 1 saturated carbocycles. The number of aliphatic hydroxyl groups is 2. The molecule has 0 aromatic heterocycles. The SMILES string of the molecule is CCCOC12CCC([C@@H](O)[C@H]3CC=C(O)CC3)C=C[C@H]1C2. The predicted molar refractivity (Wildman–Crippen MR) is 83.0 cm³/mol. The van der Waals surface area contributed by atoms with Crippen molar-refractivity contribution < 1.29 is 14.9 Å². The highest BCUT2D eigenvalue weighted by molar-refractivity contribution is 5.18. The molecule has 2 unspecified atom stereocenters. The molecule has 3 nitrogen and oxygen atoms in total. The summed E-state index contributed by atoms with van der Waals surface area (Å²) >= 11 is 0. The first-order chi connectivity index (χ1) is 10.1. The van der Waals surface area contributed by atoms with Crippen molar-refractivity contribution in [2.24, 2.45) is 17.8 Å².